The molecule has 272 valence electrons. The average Bonchev–Trinajstić information content (AvgIpc) is 3.01. The maximum Gasteiger partial charge on any atom is 0.264 e. The fourth-order valence-electron chi connectivity index (χ4n) is 5.86. The lowest BCUT2D eigenvalue weighted by atomic mass is 10.0. The van der Waals surface area contributed by atoms with Gasteiger partial charge >= 0.3 is 0 Å². The van der Waals surface area contributed by atoms with Crippen molar-refractivity contribution in [3.05, 3.63) is 0 Å². The van der Waals surface area contributed by atoms with Gasteiger partial charge in [-0.3, -0.25) is 4.55 Å². The molecule has 0 saturated carbocycles. The van der Waals surface area contributed by atoms with Gasteiger partial charge in [0, 0.05) is 19.8 Å². The average molecular weight is 663 g/mol. The molecule has 1 N–H and O–H groups in total. The molecule has 6 nitrogen and oxygen atoms in total. The van der Waals surface area contributed by atoms with Crippen molar-refractivity contribution in [2.45, 2.75) is 206 Å². The highest BCUT2D eigenvalue weighted by Gasteiger charge is 2.11. The largest absolute Gasteiger partial charge is 0.379 e. The summed E-state index contributed by atoms with van der Waals surface area (Å²) in [6.07, 6.45) is 37.8. The SMILES string of the molecule is CCCCCCCCCCCCCCCCOCC(COCCCS(=O)(=O)O)OCCCCCCCCCCCCCCCC. The first-order valence-electron chi connectivity index (χ1n) is 19.7. The normalized spacial score (nSPS) is 12.7. The van der Waals surface area contributed by atoms with Crippen molar-refractivity contribution in [3.63, 3.8) is 0 Å². The minimum Gasteiger partial charge on any atom is -0.379 e. The monoisotopic (exact) mass is 663 g/mol. The van der Waals surface area contributed by atoms with E-state index in [1.807, 2.05) is 0 Å². The summed E-state index contributed by atoms with van der Waals surface area (Å²) in [6, 6.07) is 0. The summed E-state index contributed by atoms with van der Waals surface area (Å²) in [5.74, 6) is -0.271. The molecule has 0 aromatic heterocycles. The third kappa shape index (κ3) is 39.9. The summed E-state index contributed by atoms with van der Waals surface area (Å²) >= 11 is 0. The van der Waals surface area contributed by atoms with E-state index in [4.69, 9.17) is 18.8 Å². The topological polar surface area (TPSA) is 82.1 Å². The van der Waals surface area contributed by atoms with Gasteiger partial charge in [0.2, 0.25) is 0 Å². The van der Waals surface area contributed by atoms with Crippen LogP contribution in [0, 0.1) is 0 Å². The van der Waals surface area contributed by atoms with Gasteiger partial charge in [-0.1, -0.05) is 181 Å². The number of hydrogen-bond donors (Lipinski definition) is 1. The molecule has 0 bridgehead atoms. The Morgan fingerprint density at radius 1 is 0.422 bits per heavy atom. The number of rotatable bonds is 39. The Kier molecular flexibility index (Phi) is 36.5. The first-order chi connectivity index (χ1) is 22.0. The van der Waals surface area contributed by atoms with Crippen LogP contribution in [0.15, 0.2) is 0 Å². The smallest absolute Gasteiger partial charge is 0.264 e. The van der Waals surface area contributed by atoms with E-state index < -0.39 is 10.1 Å². The van der Waals surface area contributed by atoms with Crippen LogP contribution in [0.5, 0.6) is 0 Å². The second-order valence-electron chi connectivity index (χ2n) is 13.5. The molecule has 7 heteroatoms. The van der Waals surface area contributed by atoms with Gasteiger partial charge in [-0.2, -0.15) is 8.42 Å². The van der Waals surface area contributed by atoms with E-state index in [9.17, 15) is 8.42 Å². The fraction of sp³-hybridized carbons (Fsp3) is 1.00. The van der Waals surface area contributed by atoms with Gasteiger partial charge in [-0.15, -0.1) is 0 Å². The fourth-order valence-corrected chi connectivity index (χ4v) is 6.35. The molecule has 0 aliphatic heterocycles. The quantitative estimate of drug-likeness (QED) is 0.0521. The van der Waals surface area contributed by atoms with Crippen LogP contribution in [0.3, 0.4) is 0 Å². The van der Waals surface area contributed by atoms with Crippen molar-refractivity contribution in [1.29, 1.82) is 0 Å². The molecule has 0 saturated heterocycles. The van der Waals surface area contributed by atoms with Crippen molar-refractivity contribution in [2.75, 3.05) is 38.8 Å². The zero-order chi connectivity index (χ0) is 32.9. The first kappa shape index (κ1) is 44.8. The Morgan fingerprint density at radius 2 is 0.711 bits per heavy atom. The second kappa shape index (κ2) is 36.6. The van der Waals surface area contributed by atoms with Gasteiger partial charge in [0.25, 0.3) is 10.1 Å². The van der Waals surface area contributed by atoms with Crippen LogP contribution in [0.1, 0.15) is 200 Å². The Morgan fingerprint density at radius 3 is 1.04 bits per heavy atom. The zero-order valence-corrected chi connectivity index (χ0v) is 31.0. The van der Waals surface area contributed by atoms with E-state index in [0.29, 0.717) is 19.8 Å². The Labute approximate surface area is 281 Å². The second-order valence-corrected chi connectivity index (χ2v) is 15.0. The molecule has 0 aliphatic carbocycles. The lowest BCUT2D eigenvalue weighted by molar-refractivity contribution is -0.0610. The lowest BCUT2D eigenvalue weighted by Crippen LogP contribution is -2.27. The number of ether oxygens (including phenoxy) is 3. The highest BCUT2D eigenvalue weighted by molar-refractivity contribution is 7.85. The molecule has 1 atom stereocenters. The molecular formula is C38H78O6S. The highest BCUT2D eigenvalue weighted by atomic mass is 32.2. The number of hydrogen-bond acceptors (Lipinski definition) is 5. The van der Waals surface area contributed by atoms with Crippen molar-refractivity contribution in [1.82, 2.24) is 0 Å². The van der Waals surface area contributed by atoms with Gasteiger partial charge in [-0.05, 0) is 19.3 Å². The van der Waals surface area contributed by atoms with Crippen molar-refractivity contribution in [2.24, 2.45) is 0 Å². The van der Waals surface area contributed by atoms with Crippen LogP contribution < -0.4 is 0 Å². The van der Waals surface area contributed by atoms with Crippen LogP contribution in [-0.4, -0.2) is 57.9 Å². The van der Waals surface area contributed by atoms with E-state index in [-0.39, 0.29) is 24.9 Å². The minimum atomic E-state index is -3.94. The van der Waals surface area contributed by atoms with Crippen LogP contribution in [-0.2, 0) is 24.3 Å². The summed E-state index contributed by atoms with van der Waals surface area (Å²) in [5, 5.41) is 0. The van der Waals surface area contributed by atoms with E-state index in [1.165, 1.54) is 167 Å². The van der Waals surface area contributed by atoms with Crippen molar-refractivity contribution < 1.29 is 27.2 Å². The molecule has 0 aliphatic rings. The van der Waals surface area contributed by atoms with Gasteiger partial charge in [0.05, 0.1) is 19.0 Å². The van der Waals surface area contributed by atoms with E-state index in [0.717, 1.165) is 19.4 Å². The first-order valence-corrected chi connectivity index (χ1v) is 21.3. The van der Waals surface area contributed by atoms with Crippen LogP contribution in [0.2, 0.25) is 0 Å². The van der Waals surface area contributed by atoms with E-state index >= 15 is 0 Å². The minimum absolute atomic E-state index is 0.135. The van der Waals surface area contributed by atoms with E-state index in [2.05, 4.69) is 13.8 Å². The van der Waals surface area contributed by atoms with Gasteiger partial charge in [-0.25, -0.2) is 0 Å². The van der Waals surface area contributed by atoms with E-state index in [1.54, 1.807) is 0 Å². The Bertz CT molecular complexity index is 657. The molecule has 0 spiro atoms. The third-order valence-corrected chi connectivity index (χ3v) is 9.60. The molecule has 0 aromatic rings. The summed E-state index contributed by atoms with van der Waals surface area (Å²) in [4.78, 5) is 0. The predicted octanol–water partition coefficient (Wildman–Crippen LogP) is 11.6. The molecule has 0 heterocycles. The molecule has 0 radical (unpaired) electrons. The zero-order valence-electron chi connectivity index (χ0n) is 30.2. The molecule has 1 unspecified atom stereocenters. The third-order valence-electron chi connectivity index (χ3n) is 8.79. The lowest BCUT2D eigenvalue weighted by Gasteiger charge is -2.18. The molecule has 0 fully saturated rings. The molecule has 0 amide bonds. The van der Waals surface area contributed by atoms with Crippen molar-refractivity contribution >= 4 is 10.1 Å². The summed E-state index contributed by atoms with van der Waals surface area (Å²) in [5.41, 5.74) is 0. The van der Waals surface area contributed by atoms with Crippen molar-refractivity contribution in [3.8, 4) is 0 Å². The standard InChI is InChI=1S/C38H78O6S/c1-3-5-7-9-11-13-15-17-19-21-23-25-27-29-32-42-36-38(37-43-33-31-35-45(39,40)41)44-34-30-28-26-24-22-20-18-16-14-12-10-8-6-4-2/h38H,3-37H2,1-2H3,(H,39,40,41). The van der Waals surface area contributed by atoms with Gasteiger partial charge in [0.15, 0.2) is 0 Å². The van der Waals surface area contributed by atoms with Gasteiger partial charge < -0.3 is 14.2 Å². The number of unbranched alkanes of at least 4 members (excludes halogenated alkanes) is 26. The maximum absolute atomic E-state index is 10.9. The molecule has 0 aromatic carbocycles. The predicted molar refractivity (Wildman–Crippen MR) is 193 cm³/mol. The summed E-state index contributed by atoms with van der Waals surface area (Å²) in [7, 11) is -3.94. The Balaban J connectivity index is 3.82. The van der Waals surface area contributed by atoms with Crippen LogP contribution in [0.25, 0.3) is 0 Å². The summed E-state index contributed by atoms with van der Waals surface area (Å²) < 4.78 is 48.5. The van der Waals surface area contributed by atoms with Gasteiger partial charge in [0.1, 0.15) is 6.10 Å². The van der Waals surface area contributed by atoms with Crippen LogP contribution >= 0.6 is 0 Å². The molecular weight excluding hydrogens is 584 g/mol. The molecule has 0 rings (SSSR count). The molecule has 45 heavy (non-hydrogen) atoms. The summed E-state index contributed by atoms with van der Waals surface area (Å²) in [6.45, 7) is 7.20. The Hall–Kier alpha value is -0.210. The van der Waals surface area contributed by atoms with Crippen LogP contribution in [0.4, 0.5) is 0 Å². The maximum atomic E-state index is 10.9. The highest BCUT2D eigenvalue weighted by Crippen LogP contribution is 2.14.